The van der Waals surface area contributed by atoms with E-state index in [9.17, 15) is 13.9 Å². The normalized spacial score (nSPS) is 12.5. The lowest BCUT2D eigenvalue weighted by Crippen LogP contribution is -2.06. The van der Waals surface area contributed by atoms with Gasteiger partial charge in [-0.3, -0.25) is 0 Å². The molecule has 3 heteroatoms. The molecule has 1 N–H and O–H groups in total. The van der Waals surface area contributed by atoms with E-state index in [1.807, 2.05) is 32.0 Å². The van der Waals surface area contributed by atoms with Crippen LogP contribution in [-0.4, -0.2) is 5.11 Å². The Bertz CT molecular complexity index is 573. The average molecular weight is 262 g/mol. The van der Waals surface area contributed by atoms with E-state index < -0.39 is 17.7 Å². The van der Waals surface area contributed by atoms with Crippen molar-refractivity contribution in [2.45, 2.75) is 26.4 Å². The second-order valence-corrected chi connectivity index (χ2v) is 4.86. The van der Waals surface area contributed by atoms with Crippen LogP contribution in [0.2, 0.25) is 0 Å². The Labute approximate surface area is 111 Å². The SMILES string of the molecule is Cc1cc(C)cc(CC(O)c2cccc(F)c2F)c1. The molecule has 0 amide bonds. The standard InChI is InChI=1S/C16H16F2O/c1-10-6-11(2)8-12(7-10)9-15(19)13-4-3-5-14(17)16(13)18/h3-8,15,19H,9H2,1-2H3. The summed E-state index contributed by atoms with van der Waals surface area (Å²) in [6.45, 7) is 3.93. The fourth-order valence-corrected chi connectivity index (χ4v) is 2.30. The smallest absolute Gasteiger partial charge is 0.164 e. The number of halogens is 2. The third kappa shape index (κ3) is 3.18. The van der Waals surface area contributed by atoms with E-state index in [-0.39, 0.29) is 12.0 Å². The number of aryl methyl sites for hydroxylation is 2. The molecule has 1 atom stereocenters. The summed E-state index contributed by atoms with van der Waals surface area (Å²) < 4.78 is 26.7. The van der Waals surface area contributed by atoms with Crippen LogP contribution in [0.4, 0.5) is 8.78 Å². The van der Waals surface area contributed by atoms with E-state index in [1.165, 1.54) is 12.1 Å². The van der Waals surface area contributed by atoms with Gasteiger partial charge in [-0.1, -0.05) is 41.5 Å². The topological polar surface area (TPSA) is 20.2 Å². The predicted octanol–water partition coefficient (Wildman–Crippen LogP) is 3.86. The van der Waals surface area contributed by atoms with Gasteiger partial charge in [0.2, 0.25) is 0 Å². The molecule has 2 aromatic carbocycles. The van der Waals surface area contributed by atoms with Crippen molar-refractivity contribution in [2.75, 3.05) is 0 Å². The van der Waals surface area contributed by atoms with Gasteiger partial charge in [-0.25, -0.2) is 8.78 Å². The Hall–Kier alpha value is -1.74. The van der Waals surface area contributed by atoms with E-state index in [1.54, 1.807) is 0 Å². The molecule has 0 radical (unpaired) electrons. The molecule has 2 rings (SSSR count). The largest absolute Gasteiger partial charge is 0.388 e. The van der Waals surface area contributed by atoms with Crippen molar-refractivity contribution in [3.63, 3.8) is 0 Å². The van der Waals surface area contributed by atoms with Gasteiger partial charge in [0.15, 0.2) is 11.6 Å². The summed E-state index contributed by atoms with van der Waals surface area (Å²) in [4.78, 5) is 0. The van der Waals surface area contributed by atoms with Gasteiger partial charge in [-0.05, 0) is 25.5 Å². The molecule has 0 saturated heterocycles. The summed E-state index contributed by atoms with van der Waals surface area (Å²) in [6, 6.07) is 9.76. The first-order chi connectivity index (χ1) is 8.97. The van der Waals surface area contributed by atoms with Crippen LogP contribution in [-0.2, 0) is 6.42 Å². The molecule has 100 valence electrons. The van der Waals surface area contributed by atoms with Gasteiger partial charge in [-0.2, -0.15) is 0 Å². The monoisotopic (exact) mass is 262 g/mol. The Morgan fingerprint density at radius 1 is 1.05 bits per heavy atom. The number of hydrogen-bond acceptors (Lipinski definition) is 1. The summed E-state index contributed by atoms with van der Waals surface area (Å²) in [5.41, 5.74) is 3.08. The van der Waals surface area contributed by atoms with Gasteiger partial charge < -0.3 is 5.11 Å². The van der Waals surface area contributed by atoms with Crippen LogP contribution in [0.15, 0.2) is 36.4 Å². The highest BCUT2D eigenvalue weighted by atomic mass is 19.2. The zero-order valence-electron chi connectivity index (χ0n) is 11.0. The quantitative estimate of drug-likeness (QED) is 0.890. The van der Waals surface area contributed by atoms with Gasteiger partial charge in [0, 0.05) is 12.0 Å². The Morgan fingerprint density at radius 2 is 1.68 bits per heavy atom. The van der Waals surface area contributed by atoms with Crippen molar-refractivity contribution >= 4 is 0 Å². The molecule has 19 heavy (non-hydrogen) atoms. The molecule has 0 heterocycles. The van der Waals surface area contributed by atoms with Crippen molar-refractivity contribution in [1.29, 1.82) is 0 Å². The second-order valence-electron chi connectivity index (χ2n) is 4.86. The molecule has 1 nitrogen and oxygen atoms in total. The molecular formula is C16H16F2O. The Balaban J connectivity index is 2.25. The Kier molecular flexibility index (Phi) is 3.96. The van der Waals surface area contributed by atoms with Crippen molar-refractivity contribution in [1.82, 2.24) is 0 Å². The molecule has 0 saturated carbocycles. The molecule has 0 fully saturated rings. The lowest BCUT2D eigenvalue weighted by atomic mass is 9.98. The van der Waals surface area contributed by atoms with Crippen LogP contribution in [0, 0.1) is 25.5 Å². The van der Waals surface area contributed by atoms with Crippen molar-refractivity contribution < 1.29 is 13.9 Å². The summed E-state index contributed by atoms with van der Waals surface area (Å²) in [6.07, 6.45) is -0.778. The zero-order chi connectivity index (χ0) is 14.0. The second kappa shape index (κ2) is 5.49. The lowest BCUT2D eigenvalue weighted by Gasteiger charge is -2.13. The zero-order valence-corrected chi connectivity index (χ0v) is 11.0. The highest BCUT2D eigenvalue weighted by Crippen LogP contribution is 2.23. The maximum absolute atomic E-state index is 13.6. The minimum absolute atomic E-state index is 0.000779. The van der Waals surface area contributed by atoms with Crippen molar-refractivity contribution in [3.8, 4) is 0 Å². The summed E-state index contributed by atoms with van der Waals surface area (Å²) in [7, 11) is 0. The van der Waals surface area contributed by atoms with Crippen LogP contribution in [0.25, 0.3) is 0 Å². The molecular weight excluding hydrogens is 246 g/mol. The molecule has 0 spiro atoms. The summed E-state index contributed by atoms with van der Waals surface area (Å²) >= 11 is 0. The minimum Gasteiger partial charge on any atom is -0.388 e. The van der Waals surface area contributed by atoms with Gasteiger partial charge in [0.05, 0.1) is 6.10 Å². The first kappa shape index (κ1) is 13.7. The molecule has 0 aliphatic heterocycles. The molecule has 0 aromatic heterocycles. The summed E-state index contributed by atoms with van der Waals surface area (Å²) in [5.74, 6) is -1.91. The van der Waals surface area contributed by atoms with E-state index in [0.29, 0.717) is 0 Å². The fourth-order valence-electron chi connectivity index (χ4n) is 2.30. The van der Waals surface area contributed by atoms with E-state index in [2.05, 4.69) is 0 Å². The van der Waals surface area contributed by atoms with Crippen molar-refractivity contribution in [3.05, 3.63) is 70.3 Å². The van der Waals surface area contributed by atoms with Crippen LogP contribution in [0.5, 0.6) is 0 Å². The van der Waals surface area contributed by atoms with Crippen LogP contribution in [0.3, 0.4) is 0 Å². The number of aliphatic hydroxyl groups is 1. The maximum atomic E-state index is 13.6. The van der Waals surface area contributed by atoms with Crippen LogP contribution >= 0.6 is 0 Å². The third-order valence-electron chi connectivity index (χ3n) is 3.05. The molecule has 0 aliphatic rings. The molecule has 1 unspecified atom stereocenters. The highest BCUT2D eigenvalue weighted by Gasteiger charge is 2.16. The Morgan fingerprint density at radius 3 is 2.32 bits per heavy atom. The maximum Gasteiger partial charge on any atom is 0.164 e. The van der Waals surface area contributed by atoms with E-state index >= 15 is 0 Å². The first-order valence-corrected chi connectivity index (χ1v) is 6.16. The highest BCUT2D eigenvalue weighted by molar-refractivity contribution is 5.30. The number of hydrogen-bond donors (Lipinski definition) is 1. The number of aliphatic hydroxyl groups excluding tert-OH is 1. The van der Waals surface area contributed by atoms with Gasteiger partial charge in [0.1, 0.15) is 0 Å². The fraction of sp³-hybridized carbons (Fsp3) is 0.250. The number of rotatable bonds is 3. The van der Waals surface area contributed by atoms with Gasteiger partial charge in [-0.15, -0.1) is 0 Å². The van der Waals surface area contributed by atoms with Crippen LogP contribution in [0.1, 0.15) is 28.4 Å². The summed E-state index contributed by atoms with van der Waals surface area (Å²) in [5, 5.41) is 10.1. The van der Waals surface area contributed by atoms with Gasteiger partial charge in [0.25, 0.3) is 0 Å². The molecule has 0 bridgehead atoms. The van der Waals surface area contributed by atoms with Crippen LogP contribution < -0.4 is 0 Å². The predicted molar refractivity (Wildman–Crippen MR) is 70.9 cm³/mol. The van der Waals surface area contributed by atoms with Gasteiger partial charge >= 0.3 is 0 Å². The van der Waals surface area contributed by atoms with E-state index in [4.69, 9.17) is 0 Å². The van der Waals surface area contributed by atoms with E-state index in [0.717, 1.165) is 22.8 Å². The van der Waals surface area contributed by atoms with Crippen molar-refractivity contribution in [2.24, 2.45) is 0 Å². The minimum atomic E-state index is -1.04. The first-order valence-electron chi connectivity index (χ1n) is 6.16. The number of benzene rings is 2. The third-order valence-corrected chi connectivity index (χ3v) is 3.05. The molecule has 0 aliphatic carbocycles. The average Bonchev–Trinajstić information content (AvgIpc) is 2.31. The lowest BCUT2D eigenvalue weighted by molar-refractivity contribution is 0.172. The molecule has 2 aromatic rings.